The highest BCUT2D eigenvalue weighted by Crippen LogP contribution is 2.14. The van der Waals surface area contributed by atoms with Gasteiger partial charge in [-0.3, -0.25) is 9.69 Å². The van der Waals surface area contributed by atoms with Crippen LogP contribution < -0.4 is 15.4 Å². The van der Waals surface area contributed by atoms with Crippen molar-refractivity contribution in [1.29, 1.82) is 0 Å². The predicted octanol–water partition coefficient (Wildman–Crippen LogP) is 2.94. The maximum absolute atomic E-state index is 12.5. The number of carbonyl (C=O) groups excluding carboxylic acids is 2. The lowest BCUT2D eigenvalue weighted by Crippen LogP contribution is -2.38. The highest BCUT2D eigenvalue weighted by Gasteiger charge is 2.19. The summed E-state index contributed by atoms with van der Waals surface area (Å²) in [5, 5.41) is 5.50. The first kappa shape index (κ1) is 21.6. The maximum atomic E-state index is 12.5. The summed E-state index contributed by atoms with van der Waals surface area (Å²) in [6.07, 6.45) is 1.26. The highest BCUT2D eigenvalue weighted by atomic mass is 16.5. The minimum Gasteiger partial charge on any atom is -0.497 e. The Morgan fingerprint density at radius 1 is 0.967 bits per heavy atom. The van der Waals surface area contributed by atoms with E-state index in [0.717, 1.165) is 44.9 Å². The number of anilines is 1. The second-order valence-corrected chi connectivity index (χ2v) is 7.36. The molecule has 0 atom stereocenters. The van der Waals surface area contributed by atoms with Crippen LogP contribution in [0.3, 0.4) is 0 Å². The Morgan fingerprint density at radius 2 is 1.73 bits per heavy atom. The van der Waals surface area contributed by atoms with E-state index in [1.54, 1.807) is 31.4 Å². The van der Waals surface area contributed by atoms with Crippen LogP contribution in [0.2, 0.25) is 0 Å². The molecule has 1 aliphatic rings. The summed E-state index contributed by atoms with van der Waals surface area (Å²) >= 11 is 0. The molecule has 0 aromatic heterocycles. The molecule has 0 aliphatic carbocycles. The molecule has 0 saturated carbocycles. The van der Waals surface area contributed by atoms with Crippen molar-refractivity contribution >= 4 is 17.6 Å². The Hall–Kier alpha value is -3.06. The quantitative estimate of drug-likeness (QED) is 0.736. The number of amides is 3. The summed E-state index contributed by atoms with van der Waals surface area (Å²) in [7, 11) is 1.59. The number of nitrogens with zero attached hydrogens (tertiary/aromatic N) is 2. The number of urea groups is 1. The first-order chi connectivity index (χ1) is 14.6. The molecule has 2 N–H and O–H groups in total. The Morgan fingerprint density at radius 3 is 2.47 bits per heavy atom. The number of carbonyl (C=O) groups is 2. The summed E-state index contributed by atoms with van der Waals surface area (Å²) in [5.41, 5.74) is 1.97. The number of benzene rings is 2. The van der Waals surface area contributed by atoms with Crippen LogP contribution in [-0.2, 0) is 11.3 Å². The van der Waals surface area contributed by atoms with Gasteiger partial charge >= 0.3 is 6.03 Å². The van der Waals surface area contributed by atoms with Crippen molar-refractivity contribution in [3.05, 3.63) is 60.2 Å². The van der Waals surface area contributed by atoms with E-state index in [9.17, 15) is 9.59 Å². The number of ether oxygens (including phenoxy) is 1. The molecule has 2 aromatic rings. The summed E-state index contributed by atoms with van der Waals surface area (Å²) in [4.78, 5) is 28.9. The van der Waals surface area contributed by atoms with E-state index < -0.39 is 0 Å². The van der Waals surface area contributed by atoms with Crippen molar-refractivity contribution in [1.82, 2.24) is 15.1 Å². The van der Waals surface area contributed by atoms with E-state index in [-0.39, 0.29) is 11.9 Å². The summed E-state index contributed by atoms with van der Waals surface area (Å²) in [6, 6.07) is 17.2. The fourth-order valence-electron chi connectivity index (χ4n) is 3.51. The highest BCUT2D eigenvalue weighted by molar-refractivity contribution is 5.89. The second-order valence-electron chi connectivity index (χ2n) is 7.36. The fourth-order valence-corrected chi connectivity index (χ4v) is 3.51. The molecule has 3 rings (SSSR count). The molecule has 2 aromatic carbocycles. The number of rotatable bonds is 7. The maximum Gasteiger partial charge on any atom is 0.319 e. The minimum absolute atomic E-state index is 0.0845. The summed E-state index contributed by atoms with van der Waals surface area (Å²) in [5.74, 6) is 0.813. The average molecular weight is 411 g/mol. The monoisotopic (exact) mass is 410 g/mol. The van der Waals surface area contributed by atoms with Crippen LogP contribution in [0.4, 0.5) is 10.5 Å². The van der Waals surface area contributed by atoms with Gasteiger partial charge in [0.1, 0.15) is 5.75 Å². The normalized spacial score (nSPS) is 14.6. The van der Waals surface area contributed by atoms with E-state index in [1.807, 2.05) is 11.0 Å². The average Bonchev–Trinajstić information content (AvgIpc) is 3.00. The summed E-state index contributed by atoms with van der Waals surface area (Å²) < 4.78 is 5.09. The van der Waals surface area contributed by atoms with E-state index in [2.05, 4.69) is 39.8 Å². The molecule has 0 radical (unpaired) electrons. The molecule has 1 saturated heterocycles. The molecular weight excluding hydrogens is 380 g/mol. The first-order valence-corrected chi connectivity index (χ1v) is 10.4. The smallest absolute Gasteiger partial charge is 0.319 e. The molecule has 1 heterocycles. The Labute approximate surface area is 178 Å². The van der Waals surface area contributed by atoms with Crippen molar-refractivity contribution in [2.45, 2.75) is 19.4 Å². The van der Waals surface area contributed by atoms with Crippen LogP contribution in [0.15, 0.2) is 54.6 Å². The zero-order valence-electron chi connectivity index (χ0n) is 17.5. The molecule has 1 aliphatic heterocycles. The van der Waals surface area contributed by atoms with Crippen molar-refractivity contribution in [3.63, 3.8) is 0 Å². The molecule has 1 fully saturated rings. The third-order valence-electron chi connectivity index (χ3n) is 5.16. The molecule has 160 valence electrons. The fraction of sp³-hybridized carbons (Fsp3) is 0.391. The van der Waals surface area contributed by atoms with Gasteiger partial charge in [-0.05, 0) is 36.2 Å². The minimum atomic E-state index is -0.321. The zero-order valence-corrected chi connectivity index (χ0v) is 17.5. The predicted molar refractivity (Wildman–Crippen MR) is 118 cm³/mol. The van der Waals surface area contributed by atoms with E-state index in [1.165, 1.54) is 5.56 Å². The standard InChI is InChI=1S/C23H30N4O3/c1-30-21-10-8-20(9-11-21)25-23(29)24-13-12-22(28)27-15-5-14-26(16-17-27)18-19-6-3-2-4-7-19/h2-4,6-11H,5,12-18H2,1H3,(H2,24,25,29). The molecular formula is C23H30N4O3. The van der Waals surface area contributed by atoms with Gasteiger partial charge in [0.25, 0.3) is 0 Å². The van der Waals surface area contributed by atoms with E-state index in [4.69, 9.17) is 4.74 Å². The van der Waals surface area contributed by atoms with Crippen LogP contribution >= 0.6 is 0 Å². The van der Waals surface area contributed by atoms with Crippen LogP contribution in [-0.4, -0.2) is 61.6 Å². The lowest BCUT2D eigenvalue weighted by atomic mass is 10.2. The second kappa shape index (κ2) is 11.2. The SMILES string of the molecule is COc1ccc(NC(=O)NCCC(=O)N2CCCN(Cc3ccccc3)CC2)cc1. The Bertz CT molecular complexity index is 811. The molecule has 0 spiro atoms. The molecule has 0 unspecified atom stereocenters. The van der Waals surface area contributed by atoms with E-state index in [0.29, 0.717) is 18.7 Å². The van der Waals surface area contributed by atoms with Crippen LogP contribution in [0.5, 0.6) is 5.75 Å². The lowest BCUT2D eigenvalue weighted by molar-refractivity contribution is -0.130. The number of methoxy groups -OCH3 is 1. The topological polar surface area (TPSA) is 73.9 Å². The zero-order chi connectivity index (χ0) is 21.2. The van der Waals surface area contributed by atoms with Crippen LogP contribution in [0.1, 0.15) is 18.4 Å². The van der Waals surface area contributed by atoms with Gasteiger partial charge < -0.3 is 20.3 Å². The van der Waals surface area contributed by atoms with Gasteiger partial charge in [0, 0.05) is 51.4 Å². The molecule has 3 amide bonds. The van der Waals surface area contributed by atoms with Gasteiger partial charge in [-0.2, -0.15) is 0 Å². The van der Waals surface area contributed by atoms with Crippen molar-refractivity contribution in [3.8, 4) is 5.75 Å². The Kier molecular flexibility index (Phi) is 8.09. The van der Waals surface area contributed by atoms with Gasteiger partial charge in [0.05, 0.1) is 7.11 Å². The van der Waals surface area contributed by atoms with E-state index >= 15 is 0 Å². The number of hydrogen-bond acceptors (Lipinski definition) is 4. The van der Waals surface area contributed by atoms with Crippen molar-refractivity contribution in [2.75, 3.05) is 45.2 Å². The third kappa shape index (κ3) is 6.77. The molecule has 7 nitrogen and oxygen atoms in total. The van der Waals surface area contributed by atoms with Gasteiger partial charge in [0.2, 0.25) is 5.91 Å². The number of hydrogen-bond donors (Lipinski definition) is 2. The third-order valence-corrected chi connectivity index (χ3v) is 5.16. The molecule has 0 bridgehead atoms. The van der Waals surface area contributed by atoms with Gasteiger partial charge in [-0.1, -0.05) is 30.3 Å². The molecule has 7 heteroatoms. The van der Waals surface area contributed by atoms with Gasteiger partial charge in [-0.15, -0.1) is 0 Å². The molecule has 30 heavy (non-hydrogen) atoms. The lowest BCUT2D eigenvalue weighted by Gasteiger charge is -2.22. The largest absolute Gasteiger partial charge is 0.497 e. The van der Waals surface area contributed by atoms with Crippen molar-refractivity contribution < 1.29 is 14.3 Å². The summed E-state index contributed by atoms with van der Waals surface area (Å²) in [6.45, 7) is 4.57. The number of nitrogens with one attached hydrogen (secondary N) is 2. The van der Waals surface area contributed by atoms with Crippen LogP contribution in [0.25, 0.3) is 0 Å². The first-order valence-electron chi connectivity index (χ1n) is 10.4. The van der Waals surface area contributed by atoms with Crippen molar-refractivity contribution in [2.24, 2.45) is 0 Å². The Balaban J connectivity index is 1.36. The van der Waals surface area contributed by atoms with Gasteiger partial charge in [-0.25, -0.2) is 4.79 Å². The van der Waals surface area contributed by atoms with Crippen LogP contribution in [0, 0.1) is 0 Å². The van der Waals surface area contributed by atoms with Gasteiger partial charge in [0.15, 0.2) is 0 Å².